The Morgan fingerprint density at radius 3 is 2.66 bits per heavy atom. The van der Waals surface area contributed by atoms with E-state index in [1.807, 2.05) is 19.1 Å². The molecule has 2 aromatic carbocycles. The van der Waals surface area contributed by atoms with Gasteiger partial charge in [0.2, 0.25) is 0 Å². The minimum atomic E-state index is -3.56. The van der Waals surface area contributed by atoms with Crippen LogP contribution in [-0.2, 0) is 36.0 Å². The van der Waals surface area contributed by atoms with Crippen molar-refractivity contribution in [3.8, 4) is 5.75 Å². The third-order valence-electron chi connectivity index (χ3n) is 12.4. The number of urea groups is 1. The molecule has 0 aromatic heterocycles. The number of amides is 3. The fourth-order valence-corrected chi connectivity index (χ4v) is 11.3. The molecule has 0 radical (unpaired) electrons. The minimum Gasteiger partial charge on any atom is -0.490 e. The summed E-state index contributed by atoms with van der Waals surface area (Å²) in [6.45, 7) is 7.94. The largest absolute Gasteiger partial charge is 0.490 e. The summed E-state index contributed by atoms with van der Waals surface area (Å²) in [7, 11) is -0.451. The Labute approximate surface area is 313 Å². The lowest BCUT2D eigenvalue weighted by atomic mass is 9.67. The van der Waals surface area contributed by atoms with E-state index in [9.17, 15) is 18.6 Å². The van der Waals surface area contributed by atoms with Crippen molar-refractivity contribution in [2.24, 2.45) is 27.5 Å². The zero-order valence-electron chi connectivity index (χ0n) is 31.7. The van der Waals surface area contributed by atoms with E-state index in [0.717, 1.165) is 50.9 Å². The molecule has 1 unspecified atom stereocenters. The lowest BCUT2D eigenvalue weighted by Gasteiger charge is -2.46. The Kier molecular flexibility index (Phi) is 10.4. The Hall–Kier alpha value is -3.90. The van der Waals surface area contributed by atoms with Crippen LogP contribution in [0.3, 0.4) is 0 Å². The van der Waals surface area contributed by atoms with Gasteiger partial charge in [0.05, 0.1) is 36.7 Å². The van der Waals surface area contributed by atoms with Crippen molar-refractivity contribution in [3.63, 3.8) is 0 Å². The number of nitrogens with one attached hydrogen (secondary N) is 2. The van der Waals surface area contributed by atoms with E-state index in [-0.39, 0.29) is 40.8 Å². The molecule has 0 saturated heterocycles. The summed E-state index contributed by atoms with van der Waals surface area (Å²) in [5, 5.41) is 2.82. The van der Waals surface area contributed by atoms with E-state index in [4.69, 9.17) is 14.2 Å². The molecule has 2 fully saturated rings. The lowest BCUT2D eigenvalue weighted by molar-refractivity contribution is -0.158. The quantitative estimate of drug-likeness (QED) is 0.276. The number of hydrogen-bond donors (Lipinski definition) is 2. The second-order valence-corrected chi connectivity index (χ2v) is 18.6. The number of ether oxygens (including phenoxy) is 3. The second kappa shape index (κ2) is 14.7. The topological polar surface area (TPSA) is 136 Å². The molecule has 3 amide bonds. The number of benzene rings is 2. The van der Waals surface area contributed by atoms with E-state index in [0.29, 0.717) is 43.5 Å². The molecule has 2 heterocycles. The van der Waals surface area contributed by atoms with Gasteiger partial charge in [-0.2, -0.15) is 0 Å². The maximum atomic E-state index is 14.5. The zero-order chi connectivity index (χ0) is 37.5. The van der Waals surface area contributed by atoms with Gasteiger partial charge in [-0.25, -0.2) is 9.00 Å². The van der Waals surface area contributed by atoms with Crippen LogP contribution < -0.4 is 19.7 Å². The van der Waals surface area contributed by atoms with Crippen LogP contribution in [0.4, 0.5) is 10.5 Å². The van der Waals surface area contributed by atoms with Crippen molar-refractivity contribution < 1.29 is 32.8 Å². The number of carbonyl (C=O) groups excluding carboxylic acids is 3. The number of anilines is 1. The zero-order valence-corrected chi connectivity index (χ0v) is 32.5. The first kappa shape index (κ1) is 37.4. The van der Waals surface area contributed by atoms with Crippen molar-refractivity contribution in [2.75, 3.05) is 44.6 Å². The van der Waals surface area contributed by atoms with Crippen molar-refractivity contribution in [3.05, 3.63) is 70.8 Å². The number of hydrogen-bond acceptors (Lipinski definition) is 8. The molecule has 7 rings (SSSR count). The number of aryl methyl sites for hydroxylation is 2. The Morgan fingerprint density at radius 2 is 1.92 bits per heavy atom. The highest BCUT2D eigenvalue weighted by atomic mass is 32.2. The number of esters is 1. The van der Waals surface area contributed by atoms with Crippen molar-refractivity contribution in [2.45, 2.75) is 89.7 Å². The van der Waals surface area contributed by atoms with Crippen LogP contribution in [0, 0.1) is 30.1 Å². The van der Waals surface area contributed by atoms with Gasteiger partial charge in [0.15, 0.2) is 0 Å². The number of allylic oxidation sites excluding steroid dienone is 1. The highest BCUT2D eigenvalue weighted by Crippen LogP contribution is 2.47. The summed E-state index contributed by atoms with van der Waals surface area (Å²) >= 11 is 0. The molecule has 3 aliphatic carbocycles. The summed E-state index contributed by atoms with van der Waals surface area (Å²) in [5.41, 5.74) is 4.21. The number of carbonyl (C=O) groups is 3. The first-order valence-corrected chi connectivity index (χ1v) is 20.8. The van der Waals surface area contributed by atoms with Crippen LogP contribution in [0.1, 0.15) is 85.8 Å². The van der Waals surface area contributed by atoms with Crippen LogP contribution in [0.2, 0.25) is 0 Å². The number of nitrogens with zero attached hydrogens (tertiary/aromatic N) is 2. The third kappa shape index (κ3) is 7.58. The summed E-state index contributed by atoms with van der Waals surface area (Å²) in [5.74, 6) is 0.267. The summed E-state index contributed by atoms with van der Waals surface area (Å²) in [6.07, 6.45) is 10.8. The third-order valence-corrected chi connectivity index (χ3v) is 14.4. The van der Waals surface area contributed by atoms with E-state index in [1.165, 1.54) is 23.8 Å². The number of fused-ring (bicyclic) bond motifs is 4. The van der Waals surface area contributed by atoms with E-state index >= 15 is 0 Å². The van der Waals surface area contributed by atoms with Crippen LogP contribution in [0.5, 0.6) is 5.75 Å². The monoisotopic (exact) mass is 746 g/mol. The molecule has 5 aliphatic rings. The van der Waals surface area contributed by atoms with Crippen molar-refractivity contribution in [1.29, 1.82) is 0 Å². The first-order valence-electron chi connectivity index (χ1n) is 19.1. The predicted molar refractivity (Wildman–Crippen MR) is 204 cm³/mol. The maximum absolute atomic E-state index is 14.5. The van der Waals surface area contributed by atoms with Gasteiger partial charge in [0.1, 0.15) is 15.7 Å². The predicted octanol–water partition coefficient (Wildman–Crippen LogP) is 6.27. The molecular formula is C41H54N4O7S. The average Bonchev–Trinajstić information content (AvgIpc) is 3.24. The van der Waals surface area contributed by atoms with E-state index < -0.39 is 27.3 Å². The molecular weight excluding hydrogens is 693 g/mol. The minimum absolute atomic E-state index is 0.0215. The van der Waals surface area contributed by atoms with Crippen molar-refractivity contribution in [1.82, 2.24) is 10.0 Å². The smallest absolute Gasteiger partial charge is 0.327 e. The molecule has 12 heteroatoms. The van der Waals surface area contributed by atoms with Gasteiger partial charge in [-0.15, -0.1) is 4.36 Å². The highest BCUT2D eigenvalue weighted by Gasteiger charge is 2.48. The summed E-state index contributed by atoms with van der Waals surface area (Å²) in [4.78, 5) is 41.8. The fourth-order valence-electron chi connectivity index (χ4n) is 9.43. The van der Waals surface area contributed by atoms with Crippen LogP contribution >= 0.6 is 0 Å². The molecule has 53 heavy (non-hydrogen) atoms. The van der Waals surface area contributed by atoms with Crippen molar-refractivity contribution >= 4 is 33.5 Å². The molecule has 6 atom stereocenters. The van der Waals surface area contributed by atoms with E-state index in [1.54, 1.807) is 20.1 Å². The van der Waals surface area contributed by atoms with Gasteiger partial charge in [0, 0.05) is 37.2 Å². The molecule has 2 saturated carbocycles. The molecule has 1 spiro atoms. The van der Waals surface area contributed by atoms with Gasteiger partial charge in [0.25, 0.3) is 5.91 Å². The lowest BCUT2D eigenvalue weighted by Crippen LogP contribution is -2.56. The van der Waals surface area contributed by atoms with Crippen LogP contribution in [0.25, 0.3) is 0 Å². The summed E-state index contributed by atoms with van der Waals surface area (Å²) in [6, 6.07) is 11.2. The van der Waals surface area contributed by atoms with Gasteiger partial charge in [-0.05, 0) is 112 Å². The Morgan fingerprint density at radius 1 is 1.11 bits per heavy atom. The SMILES string of the molecule is COC(=O)C1(C)CC(NC(=O)NS2(=O)=NC(=O)c3ccc4c(c3)N(C[C@@H]3CC[C@H]3[C@@H](OC)/C=C/C[C@H](C)C2)C[C@@]2(CCCc3cc(C)ccc32)CO4)C1. The van der Waals surface area contributed by atoms with Crippen LogP contribution in [0.15, 0.2) is 52.9 Å². The number of methoxy groups -OCH3 is 2. The Balaban J connectivity index is 1.23. The normalized spacial score (nSPS) is 34.4. The molecule has 2 aromatic rings. The molecule has 2 N–H and O–H groups in total. The Bertz CT molecular complexity index is 1910. The second-order valence-electron chi connectivity index (χ2n) is 16.6. The van der Waals surface area contributed by atoms with E-state index in [2.05, 4.69) is 56.6 Å². The first-order chi connectivity index (χ1) is 25.3. The maximum Gasteiger partial charge on any atom is 0.327 e. The molecule has 2 bridgehead atoms. The van der Waals surface area contributed by atoms with Gasteiger partial charge in [-0.1, -0.05) is 42.8 Å². The van der Waals surface area contributed by atoms with Gasteiger partial charge in [-0.3, -0.25) is 14.3 Å². The average molecular weight is 747 g/mol. The van der Waals surface area contributed by atoms with Gasteiger partial charge < -0.3 is 24.4 Å². The summed E-state index contributed by atoms with van der Waals surface area (Å²) < 4.78 is 39.0. The molecule has 11 nitrogen and oxygen atoms in total. The molecule has 2 aliphatic heterocycles. The fraction of sp³-hybridized carbons (Fsp3) is 0.585. The van der Waals surface area contributed by atoms with Crippen LogP contribution in [-0.4, -0.2) is 73.9 Å². The number of rotatable bonds is 4. The molecule has 286 valence electrons. The van der Waals surface area contributed by atoms with Gasteiger partial charge >= 0.3 is 12.0 Å². The highest BCUT2D eigenvalue weighted by molar-refractivity contribution is 7.92. The standard InChI is InChI=1S/C41H54N4O7S/c1-26-11-15-33-28(18-26)9-7-17-41(33)24-45-22-30-12-14-32(30)35(50-4)10-6-8-27(2)23-53(49,43-37(46)29-13-16-36(52-25-41)34(45)19-29)44-39(48)42-31-20-40(3,21-31)38(47)51-5/h6,10-11,13,15-16,18-19,27,30-32,35H,7-9,12,14,17,20-25H2,1-5H3,(H2,42,43,44,46,48,49)/b10-6+/t27-,30-,31?,32+,35-,40?,41-,53?/m0/s1.